The average Bonchev–Trinajstić information content (AvgIpc) is 3.33. The number of aliphatic hydroxyl groups is 1. The maximum Gasteiger partial charge on any atom is 0.192 e. The van der Waals surface area contributed by atoms with Gasteiger partial charge in [-0.25, -0.2) is 4.99 Å². The van der Waals surface area contributed by atoms with Crippen molar-refractivity contribution in [2.24, 2.45) is 17.5 Å². The molecule has 0 radical (unpaired) electrons. The smallest absolute Gasteiger partial charge is 0.192 e. The number of rotatable bonds is 8. The molecule has 0 bridgehead atoms. The first-order valence-corrected chi connectivity index (χ1v) is 11.0. The first-order chi connectivity index (χ1) is 13.6. The van der Waals surface area contributed by atoms with E-state index in [0.29, 0.717) is 6.54 Å². The van der Waals surface area contributed by atoms with Crippen molar-refractivity contribution >= 4 is 41.3 Å². The van der Waals surface area contributed by atoms with Crippen LogP contribution in [0.1, 0.15) is 55.1 Å². The molecule has 1 aliphatic carbocycles. The van der Waals surface area contributed by atoms with Crippen LogP contribution in [-0.2, 0) is 20.1 Å². The fraction of sp³-hybridized carbons (Fsp3) is 0.650. The van der Waals surface area contributed by atoms with Gasteiger partial charge in [0.2, 0.25) is 0 Å². The van der Waals surface area contributed by atoms with Gasteiger partial charge < -0.3 is 20.3 Å². The van der Waals surface area contributed by atoms with E-state index in [2.05, 4.69) is 38.3 Å². The van der Waals surface area contributed by atoms with Crippen LogP contribution in [-0.4, -0.2) is 39.0 Å². The van der Waals surface area contributed by atoms with Crippen molar-refractivity contribution < 1.29 is 5.11 Å². The Morgan fingerprint density at radius 1 is 1.28 bits per heavy atom. The number of guanidine groups is 1. The molecule has 1 aliphatic rings. The lowest BCUT2D eigenvalue weighted by molar-refractivity contribution is 0.131. The third-order valence-corrected chi connectivity index (χ3v) is 6.64. The number of aromatic nitrogens is 3. The molecule has 0 aliphatic heterocycles. The molecule has 3 rings (SSSR count). The van der Waals surface area contributed by atoms with Crippen molar-refractivity contribution in [3.8, 4) is 0 Å². The molecular formula is C20H33IN6OS. The zero-order chi connectivity index (χ0) is 19.8. The van der Waals surface area contributed by atoms with Crippen LogP contribution in [0.15, 0.2) is 22.5 Å². The standard InChI is InChI=1S/C20H32N6OS.HI/c1-16-24-25-18(26(16)2)14-22-19(21-13-17-7-6-12-28-17)23-15-20(10-11-27)8-4-3-5-9-20;/h6-7,12,27H,3-5,8-11,13-15H2,1-2H3,(H2,21,22,23);1H. The number of thiophene rings is 1. The van der Waals surface area contributed by atoms with E-state index in [0.717, 1.165) is 37.1 Å². The summed E-state index contributed by atoms with van der Waals surface area (Å²) in [7, 11) is 1.96. The van der Waals surface area contributed by atoms with Crippen LogP contribution in [0.25, 0.3) is 0 Å². The first kappa shape index (κ1) is 24.1. The second-order valence-electron chi connectivity index (χ2n) is 7.71. The summed E-state index contributed by atoms with van der Waals surface area (Å²) in [4.78, 5) is 6.03. The molecule has 0 atom stereocenters. The third kappa shape index (κ3) is 6.92. The highest BCUT2D eigenvalue weighted by Crippen LogP contribution is 2.38. The van der Waals surface area contributed by atoms with Crippen LogP contribution in [0.5, 0.6) is 0 Å². The molecule has 2 aromatic heterocycles. The van der Waals surface area contributed by atoms with E-state index in [4.69, 9.17) is 4.99 Å². The maximum atomic E-state index is 9.57. The van der Waals surface area contributed by atoms with Crippen LogP contribution >= 0.6 is 35.3 Å². The topological polar surface area (TPSA) is 87.4 Å². The number of hydrogen-bond donors (Lipinski definition) is 3. The molecule has 29 heavy (non-hydrogen) atoms. The Labute approximate surface area is 194 Å². The van der Waals surface area contributed by atoms with Gasteiger partial charge in [0.25, 0.3) is 0 Å². The van der Waals surface area contributed by atoms with Gasteiger partial charge in [0.1, 0.15) is 12.4 Å². The van der Waals surface area contributed by atoms with Crippen LogP contribution in [0.3, 0.4) is 0 Å². The van der Waals surface area contributed by atoms with Gasteiger partial charge in [-0.1, -0.05) is 25.3 Å². The summed E-state index contributed by atoms with van der Waals surface area (Å²) >= 11 is 1.73. The molecule has 0 spiro atoms. The lowest BCUT2D eigenvalue weighted by Gasteiger charge is -2.37. The van der Waals surface area contributed by atoms with Crippen LogP contribution in [0, 0.1) is 12.3 Å². The highest BCUT2D eigenvalue weighted by atomic mass is 127. The zero-order valence-electron chi connectivity index (χ0n) is 17.4. The molecule has 7 nitrogen and oxygen atoms in total. The molecule has 0 saturated heterocycles. The van der Waals surface area contributed by atoms with Crippen molar-refractivity contribution in [3.05, 3.63) is 34.0 Å². The van der Waals surface area contributed by atoms with Gasteiger partial charge in [-0.2, -0.15) is 0 Å². The van der Waals surface area contributed by atoms with E-state index in [1.165, 1.54) is 37.0 Å². The second kappa shape index (κ2) is 11.8. The normalized spacial score (nSPS) is 16.3. The quantitative estimate of drug-likeness (QED) is 0.276. The van der Waals surface area contributed by atoms with E-state index in [-0.39, 0.29) is 36.0 Å². The van der Waals surface area contributed by atoms with E-state index in [1.54, 1.807) is 11.3 Å². The SMILES string of the molecule is Cc1nnc(CN=C(NCc2cccs2)NCC2(CCO)CCCCC2)n1C.I. The van der Waals surface area contributed by atoms with Gasteiger partial charge >= 0.3 is 0 Å². The summed E-state index contributed by atoms with van der Waals surface area (Å²) in [6.07, 6.45) is 6.98. The Kier molecular flexibility index (Phi) is 9.84. The van der Waals surface area contributed by atoms with E-state index in [9.17, 15) is 5.11 Å². The van der Waals surface area contributed by atoms with E-state index < -0.39 is 0 Å². The Balaban J connectivity index is 0.00000300. The minimum atomic E-state index is 0. The molecule has 0 unspecified atom stereocenters. The minimum Gasteiger partial charge on any atom is -0.396 e. The summed E-state index contributed by atoms with van der Waals surface area (Å²) in [5.74, 6) is 2.52. The highest BCUT2D eigenvalue weighted by molar-refractivity contribution is 14.0. The molecule has 1 saturated carbocycles. The van der Waals surface area contributed by atoms with Crippen molar-refractivity contribution in [1.82, 2.24) is 25.4 Å². The van der Waals surface area contributed by atoms with Crippen LogP contribution in [0.2, 0.25) is 0 Å². The lowest BCUT2D eigenvalue weighted by atomic mass is 9.72. The monoisotopic (exact) mass is 532 g/mol. The molecule has 3 N–H and O–H groups in total. The lowest BCUT2D eigenvalue weighted by Crippen LogP contribution is -2.44. The van der Waals surface area contributed by atoms with Gasteiger partial charge in [0.05, 0.1) is 6.54 Å². The Morgan fingerprint density at radius 2 is 2.07 bits per heavy atom. The van der Waals surface area contributed by atoms with Crippen molar-refractivity contribution in [2.45, 2.75) is 58.5 Å². The molecule has 9 heteroatoms. The number of aliphatic imine (C=N–C) groups is 1. The fourth-order valence-corrected chi connectivity index (χ4v) is 4.47. The molecule has 162 valence electrons. The average molecular weight is 532 g/mol. The van der Waals surface area contributed by atoms with Crippen LogP contribution in [0.4, 0.5) is 0 Å². The number of aliphatic hydroxyl groups excluding tert-OH is 1. The van der Waals surface area contributed by atoms with Crippen molar-refractivity contribution in [2.75, 3.05) is 13.2 Å². The summed E-state index contributed by atoms with van der Waals surface area (Å²) < 4.78 is 1.97. The molecule has 0 aromatic carbocycles. The number of halogens is 1. The minimum absolute atomic E-state index is 0. The predicted molar refractivity (Wildman–Crippen MR) is 129 cm³/mol. The molecule has 2 heterocycles. The maximum absolute atomic E-state index is 9.57. The van der Waals surface area contributed by atoms with Crippen molar-refractivity contribution in [1.29, 1.82) is 0 Å². The summed E-state index contributed by atoms with van der Waals surface area (Å²) in [6, 6.07) is 4.18. The molecule has 0 amide bonds. The van der Waals surface area contributed by atoms with Gasteiger partial charge in [0, 0.05) is 25.1 Å². The largest absolute Gasteiger partial charge is 0.396 e. The third-order valence-electron chi connectivity index (χ3n) is 5.76. The van der Waals surface area contributed by atoms with Gasteiger partial charge in [0.15, 0.2) is 11.8 Å². The molecular weight excluding hydrogens is 499 g/mol. The highest BCUT2D eigenvalue weighted by Gasteiger charge is 2.31. The number of hydrogen-bond acceptors (Lipinski definition) is 5. The second-order valence-corrected chi connectivity index (χ2v) is 8.74. The number of nitrogens with zero attached hydrogens (tertiary/aromatic N) is 4. The van der Waals surface area contributed by atoms with Gasteiger partial charge in [-0.15, -0.1) is 45.5 Å². The van der Waals surface area contributed by atoms with Crippen LogP contribution < -0.4 is 10.6 Å². The summed E-state index contributed by atoms with van der Waals surface area (Å²) in [6.45, 7) is 4.24. The first-order valence-electron chi connectivity index (χ1n) is 10.1. The summed E-state index contributed by atoms with van der Waals surface area (Å²) in [5.41, 5.74) is 0.166. The van der Waals surface area contributed by atoms with Crippen molar-refractivity contribution in [3.63, 3.8) is 0 Å². The Bertz CT molecular complexity index is 750. The number of nitrogens with one attached hydrogen (secondary N) is 2. The molecule has 2 aromatic rings. The summed E-state index contributed by atoms with van der Waals surface area (Å²) in [5, 5.41) is 27.0. The number of aryl methyl sites for hydroxylation is 1. The van der Waals surface area contributed by atoms with E-state index in [1.807, 2.05) is 18.5 Å². The van der Waals surface area contributed by atoms with Gasteiger partial charge in [-0.05, 0) is 43.0 Å². The molecule has 1 fully saturated rings. The van der Waals surface area contributed by atoms with Gasteiger partial charge in [-0.3, -0.25) is 0 Å². The predicted octanol–water partition coefficient (Wildman–Crippen LogP) is 3.37. The Hall–Kier alpha value is -1.20. The zero-order valence-corrected chi connectivity index (χ0v) is 20.5. The van der Waals surface area contributed by atoms with E-state index >= 15 is 0 Å². The fourth-order valence-electron chi connectivity index (χ4n) is 3.82. The Morgan fingerprint density at radius 3 is 2.69 bits per heavy atom.